The van der Waals surface area contributed by atoms with Gasteiger partial charge in [0.1, 0.15) is 9.88 Å². The second kappa shape index (κ2) is 6.02. The molecule has 2 bridgehead atoms. The molecule has 0 radical (unpaired) electrons. The number of aryl methyl sites for hydroxylation is 1. The fourth-order valence-electron chi connectivity index (χ4n) is 3.57. The summed E-state index contributed by atoms with van der Waals surface area (Å²) in [4.78, 5) is 24.7. The molecule has 0 aliphatic carbocycles. The second-order valence-electron chi connectivity index (χ2n) is 6.37. The molecule has 1 atom stereocenters. The van der Waals surface area contributed by atoms with Gasteiger partial charge in [0.15, 0.2) is 0 Å². The van der Waals surface area contributed by atoms with E-state index in [2.05, 4.69) is 20.2 Å². The van der Waals surface area contributed by atoms with Crippen LogP contribution in [0.2, 0.25) is 0 Å². The molecule has 3 saturated heterocycles. The number of carbonyl (C=O) groups excluding carboxylic acids is 1. The van der Waals surface area contributed by atoms with Crippen molar-refractivity contribution in [3.05, 3.63) is 35.0 Å². The van der Waals surface area contributed by atoms with E-state index in [9.17, 15) is 4.79 Å². The van der Waals surface area contributed by atoms with E-state index in [1.165, 1.54) is 37.3 Å². The zero-order valence-electron chi connectivity index (χ0n) is 13.2. The summed E-state index contributed by atoms with van der Waals surface area (Å²) in [6.07, 6.45) is 4.15. The van der Waals surface area contributed by atoms with E-state index in [1.807, 2.05) is 25.1 Å². The van der Waals surface area contributed by atoms with Crippen LogP contribution in [0.4, 0.5) is 0 Å². The first-order valence-corrected chi connectivity index (χ1v) is 8.94. The molecule has 3 aliphatic rings. The van der Waals surface area contributed by atoms with Crippen LogP contribution in [0.15, 0.2) is 24.4 Å². The van der Waals surface area contributed by atoms with Gasteiger partial charge < -0.3 is 10.2 Å². The van der Waals surface area contributed by atoms with Crippen molar-refractivity contribution in [3.63, 3.8) is 0 Å². The van der Waals surface area contributed by atoms with Crippen LogP contribution in [0.25, 0.3) is 10.7 Å². The monoisotopic (exact) mass is 328 g/mol. The maximum absolute atomic E-state index is 12.7. The Hall–Kier alpha value is -1.79. The average Bonchev–Trinajstić information content (AvgIpc) is 2.99. The van der Waals surface area contributed by atoms with Crippen LogP contribution in [-0.2, 0) is 0 Å². The highest BCUT2D eigenvalue weighted by Gasteiger charge is 2.35. The molecule has 2 aromatic heterocycles. The first-order chi connectivity index (χ1) is 11.2. The number of nitrogens with zero attached hydrogens (tertiary/aromatic N) is 3. The van der Waals surface area contributed by atoms with Gasteiger partial charge in [0.25, 0.3) is 5.91 Å². The number of rotatable bonds is 3. The van der Waals surface area contributed by atoms with Crippen molar-refractivity contribution in [2.75, 3.05) is 19.6 Å². The van der Waals surface area contributed by atoms with Gasteiger partial charge in [-0.1, -0.05) is 6.07 Å². The van der Waals surface area contributed by atoms with Gasteiger partial charge in [0, 0.05) is 18.8 Å². The third kappa shape index (κ3) is 2.88. The van der Waals surface area contributed by atoms with E-state index in [1.54, 1.807) is 6.20 Å². The molecule has 5 nitrogen and oxygen atoms in total. The summed E-state index contributed by atoms with van der Waals surface area (Å²) in [7, 11) is 0. The Bertz CT molecular complexity index is 707. The summed E-state index contributed by atoms with van der Waals surface area (Å²) in [6.45, 7) is 5.25. The van der Waals surface area contributed by atoms with E-state index in [0.717, 1.165) is 22.9 Å². The molecule has 1 N–H and O–H groups in total. The molecule has 1 unspecified atom stereocenters. The smallest absolute Gasteiger partial charge is 0.263 e. The molecule has 3 fully saturated rings. The normalized spacial score (nSPS) is 26.2. The quantitative estimate of drug-likeness (QED) is 0.939. The maximum Gasteiger partial charge on any atom is 0.263 e. The summed E-state index contributed by atoms with van der Waals surface area (Å²) in [5.74, 6) is 0.647. The summed E-state index contributed by atoms with van der Waals surface area (Å²) in [6, 6.07) is 6.02. The molecule has 1 amide bonds. The summed E-state index contributed by atoms with van der Waals surface area (Å²) < 4.78 is 0. The highest BCUT2D eigenvalue weighted by Crippen LogP contribution is 2.29. The Labute approximate surface area is 139 Å². The van der Waals surface area contributed by atoms with Crippen LogP contribution < -0.4 is 5.32 Å². The number of hydrogen-bond acceptors (Lipinski definition) is 5. The molecule has 2 aromatic rings. The van der Waals surface area contributed by atoms with Crippen LogP contribution in [0.3, 0.4) is 0 Å². The Morgan fingerprint density at radius 2 is 2.17 bits per heavy atom. The highest BCUT2D eigenvalue weighted by atomic mass is 32.1. The van der Waals surface area contributed by atoms with Crippen molar-refractivity contribution in [1.82, 2.24) is 20.2 Å². The van der Waals surface area contributed by atoms with E-state index >= 15 is 0 Å². The number of fused-ring (bicyclic) bond motifs is 3. The van der Waals surface area contributed by atoms with Gasteiger partial charge in [-0.25, -0.2) is 4.98 Å². The lowest BCUT2D eigenvalue weighted by molar-refractivity contribution is 0.0622. The van der Waals surface area contributed by atoms with Gasteiger partial charge in [0.2, 0.25) is 0 Å². The van der Waals surface area contributed by atoms with Gasteiger partial charge in [-0.2, -0.15) is 0 Å². The van der Waals surface area contributed by atoms with Crippen molar-refractivity contribution in [2.24, 2.45) is 5.92 Å². The fraction of sp³-hybridized carbons (Fsp3) is 0.471. The number of hydrogen-bond donors (Lipinski definition) is 1. The lowest BCUT2D eigenvalue weighted by atomic mass is 9.84. The minimum atomic E-state index is 0.0148. The number of amides is 1. The maximum atomic E-state index is 12.7. The molecular weight excluding hydrogens is 308 g/mol. The van der Waals surface area contributed by atoms with E-state index in [4.69, 9.17) is 0 Å². The molecule has 23 heavy (non-hydrogen) atoms. The van der Waals surface area contributed by atoms with Crippen molar-refractivity contribution >= 4 is 17.2 Å². The molecule has 3 aliphatic heterocycles. The predicted molar refractivity (Wildman–Crippen MR) is 90.5 cm³/mol. The Balaban J connectivity index is 1.52. The number of thiazole rings is 1. The number of piperidine rings is 3. The van der Waals surface area contributed by atoms with Crippen LogP contribution >= 0.6 is 11.3 Å². The lowest BCUT2D eigenvalue weighted by Crippen LogP contribution is -2.57. The standard InChI is InChI=1S/C17H20N4OS/c1-11-15(23-17(19-11)13-4-2-3-7-18-13)16(22)20-14-10-21-8-5-12(14)6-9-21/h2-4,7,12,14H,5-6,8-10H2,1H3,(H,20,22). The molecule has 5 rings (SSSR count). The SMILES string of the molecule is Cc1nc(-c2ccccn2)sc1C(=O)NC1CN2CCC1CC2. The molecule has 6 heteroatoms. The van der Waals surface area contributed by atoms with Crippen LogP contribution in [0.5, 0.6) is 0 Å². The van der Waals surface area contributed by atoms with Gasteiger partial charge in [0.05, 0.1) is 11.4 Å². The van der Waals surface area contributed by atoms with Gasteiger partial charge in [-0.15, -0.1) is 11.3 Å². The highest BCUT2D eigenvalue weighted by molar-refractivity contribution is 7.17. The number of pyridine rings is 1. The first kappa shape index (κ1) is 14.8. The first-order valence-electron chi connectivity index (χ1n) is 8.13. The summed E-state index contributed by atoms with van der Waals surface area (Å²) in [5, 5.41) is 4.05. The van der Waals surface area contributed by atoms with Crippen molar-refractivity contribution < 1.29 is 4.79 Å². The van der Waals surface area contributed by atoms with Gasteiger partial charge in [-0.3, -0.25) is 9.78 Å². The van der Waals surface area contributed by atoms with Crippen LogP contribution in [-0.4, -0.2) is 46.5 Å². The number of carbonyl (C=O) groups is 1. The van der Waals surface area contributed by atoms with Crippen molar-refractivity contribution in [2.45, 2.75) is 25.8 Å². The van der Waals surface area contributed by atoms with Gasteiger partial charge in [-0.05, 0) is 50.9 Å². The van der Waals surface area contributed by atoms with Crippen LogP contribution in [0.1, 0.15) is 28.2 Å². The number of aromatic nitrogens is 2. The van der Waals surface area contributed by atoms with Crippen molar-refractivity contribution in [3.8, 4) is 10.7 Å². The second-order valence-corrected chi connectivity index (χ2v) is 7.37. The van der Waals surface area contributed by atoms with E-state index < -0.39 is 0 Å². The fourth-order valence-corrected chi connectivity index (χ4v) is 4.51. The Kier molecular flexibility index (Phi) is 3.87. The van der Waals surface area contributed by atoms with Gasteiger partial charge >= 0.3 is 0 Å². The zero-order valence-corrected chi connectivity index (χ0v) is 14.0. The topological polar surface area (TPSA) is 58.1 Å². The third-order valence-corrected chi connectivity index (χ3v) is 6.04. The predicted octanol–water partition coefficient (Wildman–Crippen LogP) is 2.34. The molecular formula is C17H20N4OS. The zero-order chi connectivity index (χ0) is 15.8. The van der Waals surface area contributed by atoms with E-state index in [-0.39, 0.29) is 11.9 Å². The van der Waals surface area contributed by atoms with Crippen molar-refractivity contribution in [1.29, 1.82) is 0 Å². The Morgan fingerprint density at radius 3 is 2.83 bits per heavy atom. The summed E-state index contributed by atoms with van der Waals surface area (Å²) in [5.41, 5.74) is 1.61. The Morgan fingerprint density at radius 1 is 1.35 bits per heavy atom. The molecule has 0 aromatic carbocycles. The average molecular weight is 328 g/mol. The minimum Gasteiger partial charge on any atom is -0.347 e. The number of nitrogens with one attached hydrogen (secondary N) is 1. The van der Waals surface area contributed by atoms with E-state index in [0.29, 0.717) is 10.8 Å². The largest absolute Gasteiger partial charge is 0.347 e. The third-order valence-electron chi connectivity index (χ3n) is 4.86. The minimum absolute atomic E-state index is 0.0148. The molecule has 0 saturated carbocycles. The lowest BCUT2D eigenvalue weighted by Gasteiger charge is -2.44. The molecule has 5 heterocycles. The summed E-state index contributed by atoms with van der Waals surface area (Å²) >= 11 is 1.43. The molecule has 0 spiro atoms. The van der Waals surface area contributed by atoms with Crippen LogP contribution in [0, 0.1) is 12.8 Å². The molecule has 120 valence electrons.